The number of carbonyl (C=O) groups is 1. The minimum atomic E-state index is -0.574. The van der Waals surface area contributed by atoms with Crippen LogP contribution in [0.3, 0.4) is 0 Å². The minimum Gasteiger partial charge on any atom is -0.317 e. The van der Waals surface area contributed by atoms with Crippen molar-refractivity contribution in [3.8, 4) is 17.1 Å². The fourth-order valence-electron chi connectivity index (χ4n) is 2.98. The van der Waals surface area contributed by atoms with E-state index in [4.69, 9.17) is 0 Å². The molecule has 0 aliphatic heterocycles. The lowest BCUT2D eigenvalue weighted by molar-refractivity contribution is 0.101. The molecule has 1 amide bonds. The number of amides is 1. The maximum absolute atomic E-state index is 13.9. The number of hydrogen-bond acceptors (Lipinski definition) is 3. The Labute approximate surface area is 167 Å². The maximum Gasteiger partial charge on any atom is 0.295 e. The summed E-state index contributed by atoms with van der Waals surface area (Å²) in [6.45, 7) is 3.99. The standard InChI is InChI=1S/C23H19FN4O/c1-15-10-12-17(13-11-15)22-26-21(23(29)25-20-9-4-3-8-19(20)24)27-28(22)18-7-5-6-16(2)14-18/h3-14H,1-2H3,(H,25,29). The zero-order valence-corrected chi connectivity index (χ0v) is 16.1. The fourth-order valence-corrected chi connectivity index (χ4v) is 2.98. The molecule has 0 saturated carbocycles. The average Bonchev–Trinajstić information content (AvgIpc) is 3.16. The summed E-state index contributed by atoms with van der Waals surface area (Å²) in [5.41, 5.74) is 3.88. The Balaban J connectivity index is 1.78. The smallest absolute Gasteiger partial charge is 0.295 e. The van der Waals surface area contributed by atoms with E-state index in [0.29, 0.717) is 5.82 Å². The first kappa shape index (κ1) is 18.6. The van der Waals surface area contributed by atoms with Crippen molar-refractivity contribution < 1.29 is 9.18 Å². The van der Waals surface area contributed by atoms with Gasteiger partial charge in [-0.25, -0.2) is 14.1 Å². The van der Waals surface area contributed by atoms with Crippen LogP contribution in [-0.2, 0) is 0 Å². The topological polar surface area (TPSA) is 59.8 Å². The predicted molar refractivity (Wildman–Crippen MR) is 111 cm³/mol. The fraction of sp³-hybridized carbons (Fsp3) is 0.0870. The summed E-state index contributed by atoms with van der Waals surface area (Å²) in [6.07, 6.45) is 0. The van der Waals surface area contributed by atoms with Gasteiger partial charge in [-0.2, -0.15) is 0 Å². The van der Waals surface area contributed by atoms with Gasteiger partial charge in [-0.05, 0) is 43.7 Å². The number of nitrogens with zero attached hydrogens (tertiary/aromatic N) is 3. The van der Waals surface area contributed by atoms with Gasteiger partial charge in [-0.1, -0.05) is 54.1 Å². The lowest BCUT2D eigenvalue weighted by Crippen LogP contribution is -2.15. The normalized spacial score (nSPS) is 10.7. The second kappa shape index (κ2) is 7.67. The molecule has 0 atom stereocenters. The molecule has 4 rings (SSSR count). The van der Waals surface area contributed by atoms with E-state index >= 15 is 0 Å². The molecule has 0 aliphatic rings. The molecule has 0 aliphatic carbocycles. The highest BCUT2D eigenvalue weighted by Crippen LogP contribution is 2.23. The Kier molecular flexibility index (Phi) is 4.91. The van der Waals surface area contributed by atoms with E-state index in [0.717, 1.165) is 22.4 Å². The van der Waals surface area contributed by atoms with Gasteiger partial charge >= 0.3 is 0 Å². The summed E-state index contributed by atoms with van der Waals surface area (Å²) in [7, 11) is 0. The molecule has 1 heterocycles. The summed E-state index contributed by atoms with van der Waals surface area (Å²) in [4.78, 5) is 17.2. The highest BCUT2D eigenvalue weighted by atomic mass is 19.1. The van der Waals surface area contributed by atoms with Gasteiger partial charge in [-0.15, -0.1) is 5.10 Å². The van der Waals surface area contributed by atoms with Gasteiger partial charge in [0.15, 0.2) is 5.82 Å². The molecule has 3 aromatic carbocycles. The monoisotopic (exact) mass is 386 g/mol. The van der Waals surface area contributed by atoms with Gasteiger partial charge in [0.1, 0.15) is 5.82 Å². The molecule has 6 heteroatoms. The molecule has 0 spiro atoms. The lowest BCUT2D eigenvalue weighted by atomic mass is 10.1. The minimum absolute atomic E-state index is 0.0367. The second-order valence-corrected chi connectivity index (χ2v) is 6.81. The molecule has 0 bridgehead atoms. The summed E-state index contributed by atoms with van der Waals surface area (Å²) in [5, 5.41) is 6.96. The Morgan fingerprint density at radius 1 is 0.931 bits per heavy atom. The number of carbonyl (C=O) groups excluding carboxylic acids is 1. The Bertz CT molecular complexity index is 1180. The molecule has 4 aromatic rings. The van der Waals surface area contributed by atoms with Crippen LogP contribution in [0, 0.1) is 19.7 Å². The molecule has 0 saturated heterocycles. The Morgan fingerprint density at radius 2 is 1.69 bits per heavy atom. The number of aromatic nitrogens is 3. The van der Waals surface area contributed by atoms with Crippen LogP contribution in [0.15, 0.2) is 72.8 Å². The highest BCUT2D eigenvalue weighted by Gasteiger charge is 2.19. The van der Waals surface area contributed by atoms with Crippen LogP contribution in [0.4, 0.5) is 10.1 Å². The first-order valence-electron chi connectivity index (χ1n) is 9.18. The van der Waals surface area contributed by atoms with Gasteiger partial charge < -0.3 is 5.32 Å². The molecule has 0 radical (unpaired) electrons. The van der Waals surface area contributed by atoms with E-state index in [1.54, 1.807) is 16.8 Å². The quantitative estimate of drug-likeness (QED) is 0.540. The van der Waals surface area contributed by atoms with Crippen LogP contribution in [0.1, 0.15) is 21.7 Å². The number of para-hydroxylation sites is 1. The van der Waals surface area contributed by atoms with Crippen molar-refractivity contribution in [2.75, 3.05) is 5.32 Å². The SMILES string of the molecule is Cc1ccc(-c2nc(C(=O)Nc3ccccc3F)nn2-c2cccc(C)c2)cc1. The van der Waals surface area contributed by atoms with E-state index in [1.807, 2.05) is 62.4 Å². The maximum atomic E-state index is 13.9. The zero-order valence-electron chi connectivity index (χ0n) is 16.1. The number of hydrogen-bond donors (Lipinski definition) is 1. The van der Waals surface area contributed by atoms with Crippen molar-refractivity contribution >= 4 is 11.6 Å². The van der Waals surface area contributed by atoms with Gasteiger partial charge in [0.05, 0.1) is 11.4 Å². The lowest BCUT2D eigenvalue weighted by Gasteiger charge is -2.07. The molecule has 0 unspecified atom stereocenters. The summed E-state index contributed by atoms with van der Waals surface area (Å²) >= 11 is 0. The van der Waals surface area contributed by atoms with Gasteiger partial charge in [0.2, 0.25) is 5.82 Å². The largest absolute Gasteiger partial charge is 0.317 e. The number of benzene rings is 3. The summed E-state index contributed by atoms with van der Waals surface area (Å²) in [5.74, 6) is -0.591. The Morgan fingerprint density at radius 3 is 2.41 bits per heavy atom. The molecular formula is C23H19FN4O. The van der Waals surface area contributed by atoms with Crippen molar-refractivity contribution in [2.24, 2.45) is 0 Å². The first-order chi connectivity index (χ1) is 14.0. The van der Waals surface area contributed by atoms with Gasteiger partial charge in [0.25, 0.3) is 5.91 Å². The van der Waals surface area contributed by atoms with E-state index < -0.39 is 11.7 Å². The van der Waals surface area contributed by atoms with Gasteiger partial charge in [0, 0.05) is 5.56 Å². The number of rotatable bonds is 4. The second-order valence-electron chi connectivity index (χ2n) is 6.81. The molecule has 1 N–H and O–H groups in total. The van der Waals surface area contributed by atoms with Crippen molar-refractivity contribution in [2.45, 2.75) is 13.8 Å². The van der Waals surface area contributed by atoms with Crippen molar-refractivity contribution in [3.63, 3.8) is 0 Å². The van der Waals surface area contributed by atoms with E-state index in [2.05, 4.69) is 15.4 Å². The van der Waals surface area contributed by atoms with Crippen LogP contribution >= 0.6 is 0 Å². The number of nitrogens with one attached hydrogen (secondary N) is 1. The van der Waals surface area contributed by atoms with E-state index in [9.17, 15) is 9.18 Å². The van der Waals surface area contributed by atoms with E-state index in [-0.39, 0.29) is 11.5 Å². The Hall–Kier alpha value is -3.80. The number of aryl methyl sites for hydroxylation is 2. The van der Waals surface area contributed by atoms with Crippen LogP contribution < -0.4 is 5.32 Å². The molecular weight excluding hydrogens is 367 g/mol. The molecule has 144 valence electrons. The van der Waals surface area contributed by atoms with Crippen molar-refractivity contribution in [3.05, 3.63) is 95.6 Å². The summed E-state index contributed by atoms with van der Waals surface area (Å²) in [6, 6.07) is 21.6. The van der Waals surface area contributed by atoms with Crippen LogP contribution in [-0.4, -0.2) is 20.7 Å². The van der Waals surface area contributed by atoms with Crippen LogP contribution in [0.5, 0.6) is 0 Å². The molecule has 1 aromatic heterocycles. The van der Waals surface area contributed by atoms with Crippen molar-refractivity contribution in [1.29, 1.82) is 0 Å². The van der Waals surface area contributed by atoms with Crippen molar-refractivity contribution in [1.82, 2.24) is 14.8 Å². The first-order valence-corrected chi connectivity index (χ1v) is 9.18. The third-order valence-corrected chi connectivity index (χ3v) is 4.49. The molecule has 29 heavy (non-hydrogen) atoms. The molecule has 0 fully saturated rings. The summed E-state index contributed by atoms with van der Waals surface area (Å²) < 4.78 is 15.5. The predicted octanol–water partition coefficient (Wildman–Crippen LogP) is 4.94. The third kappa shape index (κ3) is 3.91. The number of halogens is 1. The van der Waals surface area contributed by atoms with E-state index in [1.165, 1.54) is 12.1 Å². The number of anilines is 1. The third-order valence-electron chi connectivity index (χ3n) is 4.49. The highest BCUT2D eigenvalue weighted by molar-refractivity contribution is 6.01. The van der Waals surface area contributed by atoms with Crippen LogP contribution in [0.25, 0.3) is 17.1 Å². The van der Waals surface area contributed by atoms with Gasteiger partial charge in [-0.3, -0.25) is 4.79 Å². The average molecular weight is 386 g/mol. The van der Waals surface area contributed by atoms with Crippen LogP contribution in [0.2, 0.25) is 0 Å². The molecule has 5 nitrogen and oxygen atoms in total. The zero-order chi connectivity index (χ0) is 20.4.